The number of piperazine rings is 1. The SMILES string of the molecule is CN1CCN(C(=O)C2COC(Cc3nc(-c4ccc(F)cc4)c(-c4ccnc(NCc5cccs5)n4)[nH]3)OC2)CC1. The van der Waals surface area contributed by atoms with E-state index in [0.29, 0.717) is 55.0 Å². The van der Waals surface area contributed by atoms with Crippen LogP contribution in [0.3, 0.4) is 0 Å². The fourth-order valence-corrected chi connectivity index (χ4v) is 5.57. The van der Waals surface area contributed by atoms with Gasteiger partial charge in [0.15, 0.2) is 6.29 Å². The number of nitrogens with one attached hydrogen (secondary N) is 2. The molecule has 0 unspecified atom stereocenters. The van der Waals surface area contributed by atoms with E-state index in [4.69, 9.17) is 19.4 Å². The van der Waals surface area contributed by atoms with Crippen molar-refractivity contribution in [3.05, 3.63) is 70.6 Å². The summed E-state index contributed by atoms with van der Waals surface area (Å²) in [6.45, 7) is 4.43. The second kappa shape index (κ2) is 12.4. The van der Waals surface area contributed by atoms with Gasteiger partial charge in [0, 0.05) is 42.8 Å². The van der Waals surface area contributed by atoms with Crippen LogP contribution in [0, 0.1) is 11.7 Å². The topological polar surface area (TPSA) is 109 Å². The number of hydrogen-bond donors (Lipinski definition) is 2. The second-order valence-corrected chi connectivity index (χ2v) is 11.3. The van der Waals surface area contributed by atoms with Crippen LogP contribution >= 0.6 is 11.3 Å². The first-order valence-corrected chi connectivity index (χ1v) is 14.5. The number of ether oxygens (including phenoxy) is 2. The maximum atomic E-state index is 13.7. The Hall–Kier alpha value is -3.71. The number of halogens is 1. The molecular formula is C29H32FN7O3S. The van der Waals surface area contributed by atoms with Gasteiger partial charge in [0.25, 0.3) is 0 Å². The minimum atomic E-state index is -0.542. The third-order valence-corrected chi connectivity index (χ3v) is 8.15. The van der Waals surface area contributed by atoms with Crippen LogP contribution in [-0.2, 0) is 27.2 Å². The molecule has 0 atom stereocenters. The van der Waals surface area contributed by atoms with Crippen LogP contribution in [0.15, 0.2) is 54.0 Å². The molecule has 2 fully saturated rings. The van der Waals surface area contributed by atoms with E-state index in [-0.39, 0.29) is 17.6 Å². The number of H-pyrrole nitrogens is 1. The molecule has 1 amide bonds. The molecule has 0 aliphatic carbocycles. The number of aromatic amines is 1. The van der Waals surface area contributed by atoms with Crippen molar-refractivity contribution in [3.63, 3.8) is 0 Å². The van der Waals surface area contributed by atoms with Crippen molar-refractivity contribution < 1.29 is 18.7 Å². The Morgan fingerprint density at radius 1 is 1.10 bits per heavy atom. The second-order valence-electron chi connectivity index (χ2n) is 10.2. The number of rotatable bonds is 8. The number of carbonyl (C=O) groups is 1. The van der Waals surface area contributed by atoms with Crippen LogP contribution in [0.25, 0.3) is 22.6 Å². The van der Waals surface area contributed by atoms with E-state index in [9.17, 15) is 9.18 Å². The van der Waals surface area contributed by atoms with Crippen LogP contribution in [0.5, 0.6) is 0 Å². The lowest BCUT2D eigenvalue weighted by molar-refractivity contribution is -0.204. The number of likely N-dealkylation sites (N-methyl/N-ethyl adjacent to an activating group) is 1. The fraction of sp³-hybridized carbons (Fsp3) is 0.379. The first-order chi connectivity index (χ1) is 20.0. The number of carbonyl (C=O) groups excluding carboxylic acids is 1. The van der Waals surface area contributed by atoms with Crippen molar-refractivity contribution in [2.45, 2.75) is 19.3 Å². The zero-order valence-electron chi connectivity index (χ0n) is 22.8. The lowest BCUT2D eigenvalue weighted by Gasteiger charge is -2.36. The van der Waals surface area contributed by atoms with Crippen LogP contribution in [0.2, 0.25) is 0 Å². The van der Waals surface area contributed by atoms with Crippen molar-refractivity contribution in [2.24, 2.45) is 5.92 Å². The molecule has 10 nitrogen and oxygen atoms in total. The van der Waals surface area contributed by atoms with Crippen molar-refractivity contribution >= 4 is 23.2 Å². The number of hydrogen-bond acceptors (Lipinski definition) is 9. The molecular weight excluding hydrogens is 545 g/mol. The maximum absolute atomic E-state index is 13.7. The van der Waals surface area contributed by atoms with Crippen LogP contribution in [-0.4, -0.2) is 88.4 Å². The average Bonchev–Trinajstić information content (AvgIpc) is 3.68. The van der Waals surface area contributed by atoms with Crippen LogP contribution in [0.1, 0.15) is 10.7 Å². The monoisotopic (exact) mass is 577 g/mol. The molecule has 41 heavy (non-hydrogen) atoms. The standard InChI is InChI=1S/C29H32FN7O3S/c1-36-10-12-37(13-11-36)28(38)20-17-39-25(40-18-20)15-24-34-26(19-4-6-21(30)7-5-19)27(35-24)23-8-9-31-29(33-23)32-16-22-3-2-14-41-22/h2-9,14,20,25H,10-13,15-18H2,1H3,(H,34,35)(H,31,32,33). The first-order valence-electron chi connectivity index (χ1n) is 13.7. The predicted molar refractivity (Wildman–Crippen MR) is 154 cm³/mol. The smallest absolute Gasteiger partial charge is 0.230 e. The Morgan fingerprint density at radius 3 is 2.61 bits per heavy atom. The summed E-state index contributed by atoms with van der Waals surface area (Å²) in [5, 5.41) is 5.29. The van der Waals surface area contributed by atoms with Gasteiger partial charge >= 0.3 is 0 Å². The highest BCUT2D eigenvalue weighted by Gasteiger charge is 2.32. The molecule has 1 aromatic carbocycles. The quantitative estimate of drug-likeness (QED) is 0.327. The number of anilines is 1. The third kappa shape index (κ3) is 6.62. The first kappa shape index (κ1) is 27.5. The van der Waals surface area contributed by atoms with E-state index in [0.717, 1.165) is 31.7 Å². The number of thiophene rings is 1. The molecule has 4 aromatic rings. The Balaban J connectivity index is 1.17. The van der Waals surface area contributed by atoms with Gasteiger partial charge in [-0.2, -0.15) is 0 Å². The molecule has 2 saturated heterocycles. The normalized spacial score (nSPS) is 19.8. The minimum absolute atomic E-state index is 0.0858. The molecule has 0 spiro atoms. The summed E-state index contributed by atoms with van der Waals surface area (Å²) in [4.78, 5) is 35.5. The van der Waals surface area contributed by atoms with E-state index in [1.807, 2.05) is 22.4 Å². The molecule has 0 bridgehead atoms. The van der Waals surface area contributed by atoms with Gasteiger partial charge in [-0.3, -0.25) is 4.79 Å². The van der Waals surface area contributed by atoms with Gasteiger partial charge in [-0.1, -0.05) is 6.07 Å². The summed E-state index contributed by atoms with van der Waals surface area (Å²) in [7, 11) is 2.06. The van der Waals surface area contributed by atoms with E-state index in [1.54, 1.807) is 29.7 Å². The number of amides is 1. The number of benzene rings is 1. The van der Waals surface area contributed by atoms with Gasteiger partial charge in [0.2, 0.25) is 11.9 Å². The summed E-state index contributed by atoms with van der Waals surface area (Å²) in [6, 6.07) is 12.1. The Morgan fingerprint density at radius 2 is 1.88 bits per heavy atom. The maximum Gasteiger partial charge on any atom is 0.230 e. The van der Waals surface area contributed by atoms with Gasteiger partial charge in [-0.05, 0) is 48.8 Å². The molecule has 0 radical (unpaired) electrons. The highest BCUT2D eigenvalue weighted by Crippen LogP contribution is 2.30. The Labute approximate surface area is 241 Å². The van der Waals surface area contributed by atoms with Crippen LogP contribution in [0.4, 0.5) is 10.3 Å². The molecule has 2 aliphatic heterocycles. The predicted octanol–water partition coefficient (Wildman–Crippen LogP) is 3.65. The highest BCUT2D eigenvalue weighted by molar-refractivity contribution is 7.09. The van der Waals surface area contributed by atoms with Gasteiger partial charge < -0.3 is 29.6 Å². The minimum Gasteiger partial charge on any atom is -0.351 e. The zero-order chi connectivity index (χ0) is 28.2. The summed E-state index contributed by atoms with van der Waals surface area (Å²) in [5.41, 5.74) is 2.72. The van der Waals surface area contributed by atoms with Crippen molar-refractivity contribution in [1.29, 1.82) is 0 Å². The Bertz CT molecular complexity index is 1450. The summed E-state index contributed by atoms with van der Waals surface area (Å²) in [5.74, 6) is 0.588. The summed E-state index contributed by atoms with van der Waals surface area (Å²) in [6.07, 6.45) is 1.51. The fourth-order valence-electron chi connectivity index (χ4n) is 4.93. The van der Waals surface area contributed by atoms with E-state index >= 15 is 0 Å². The number of aromatic nitrogens is 4. The van der Waals surface area contributed by atoms with Crippen LogP contribution < -0.4 is 5.32 Å². The van der Waals surface area contributed by atoms with Crippen molar-refractivity contribution in [3.8, 4) is 22.6 Å². The van der Waals surface area contributed by atoms with E-state index in [2.05, 4.69) is 33.3 Å². The molecule has 5 heterocycles. The average molecular weight is 578 g/mol. The van der Waals surface area contributed by atoms with Gasteiger partial charge in [0.05, 0.1) is 49.2 Å². The number of imidazole rings is 1. The third-order valence-electron chi connectivity index (χ3n) is 7.27. The van der Waals surface area contributed by atoms with E-state index < -0.39 is 6.29 Å². The molecule has 214 valence electrons. The molecule has 0 saturated carbocycles. The lowest BCUT2D eigenvalue weighted by atomic mass is 10.1. The molecule has 12 heteroatoms. The molecule has 3 aromatic heterocycles. The van der Waals surface area contributed by atoms with Crippen molar-refractivity contribution in [2.75, 3.05) is 51.8 Å². The molecule has 6 rings (SSSR count). The van der Waals surface area contributed by atoms with Gasteiger partial charge in [-0.25, -0.2) is 19.3 Å². The Kier molecular flexibility index (Phi) is 8.33. The lowest BCUT2D eigenvalue weighted by Crippen LogP contribution is -2.51. The van der Waals surface area contributed by atoms with Crippen molar-refractivity contribution in [1.82, 2.24) is 29.7 Å². The number of nitrogens with zero attached hydrogens (tertiary/aromatic N) is 5. The largest absolute Gasteiger partial charge is 0.351 e. The van der Waals surface area contributed by atoms with E-state index in [1.165, 1.54) is 17.0 Å². The summed E-state index contributed by atoms with van der Waals surface area (Å²) >= 11 is 1.66. The molecule has 2 N–H and O–H groups in total. The van der Waals surface area contributed by atoms with Gasteiger partial charge in [0.1, 0.15) is 11.6 Å². The van der Waals surface area contributed by atoms with Gasteiger partial charge in [-0.15, -0.1) is 11.3 Å². The highest BCUT2D eigenvalue weighted by atomic mass is 32.1. The summed E-state index contributed by atoms with van der Waals surface area (Å²) < 4.78 is 25.6. The zero-order valence-corrected chi connectivity index (χ0v) is 23.6. The molecule has 2 aliphatic rings.